The number of hydrogen-bond acceptors (Lipinski definition) is 1. The van der Waals surface area contributed by atoms with E-state index in [9.17, 15) is 22.4 Å². The third-order valence-corrected chi connectivity index (χ3v) is 2.19. The molecular formula is C10H7ClF4O. The molecule has 2 unspecified atom stereocenters. The van der Waals surface area contributed by atoms with E-state index in [4.69, 9.17) is 11.6 Å². The van der Waals surface area contributed by atoms with Gasteiger partial charge in [0, 0.05) is 5.56 Å². The van der Waals surface area contributed by atoms with Crippen molar-refractivity contribution >= 4 is 16.8 Å². The Hall–Kier alpha value is -1.10. The molecular weight excluding hydrogens is 248 g/mol. The summed E-state index contributed by atoms with van der Waals surface area (Å²) < 4.78 is 49.5. The Morgan fingerprint density at radius 2 is 1.56 bits per heavy atom. The average molecular weight is 255 g/mol. The van der Waals surface area contributed by atoms with Crippen LogP contribution >= 0.6 is 11.6 Å². The van der Waals surface area contributed by atoms with Gasteiger partial charge in [-0.1, -0.05) is 12.1 Å². The first-order valence-electron chi connectivity index (χ1n) is 4.29. The lowest BCUT2D eigenvalue weighted by Gasteiger charge is -2.12. The van der Waals surface area contributed by atoms with Crippen molar-refractivity contribution in [3.05, 3.63) is 35.4 Å². The summed E-state index contributed by atoms with van der Waals surface area (Å²) in [5, 5.41) is -0.757. The third-order valence-electron chi connectivity index (χ3n) is 1.98. The second-order valence-electron chi connectivity index (χ2n) is 3.08. The molecule has 1 aromatic carbocycles. The van der Waals surface area contributed by atoms with E-state index in [0.29, 0.717) is 0 Å². The molecule has 0 aliphatic rings. The molecule has 0 spiro atoms. The molecule has 0 amide bonds. The Morgan fingerprint density at radius 1 is 1.06 bits per heavy atom. The standard InChI is InChI=1S/C10H7ClF4O/c11-9(16)6-3-1-5(2-4-6)7(12)8(13)10(14)15/h1-4,7-8,10H. The van der Waals surface area contributed by atoms with Gasteiger partial charge in [0.1, 0.15) is 0 Å². The molecule has 1 rings (SSSR count). The van der Waals surface area contributed by atoms with Crippen molar-refractivity contribution in [3.8, 4) is 0 Å². The highest BCUT2D eigenvalue weighted by atomic mass is 35.5. The van der Waals surface area contributed by atoms with E-state index in [1.165, 1.54) is 0 Å². The lowest BCUT2D eigenvalue weighted by Crippen LogP contribution is -2.18. The van der Waals surface area contributed by atoms with Gasteiger partial charge in [0.05, 0.1) is 0 Å². The Morgan fingerprint density at radius 3 is 1.94 bits per heavy atom. The van der Waals surface area contributed by atoms with E-state index < -0.39 is 24.0 Å². The first-order chi connectivity index (χ1) is 7.43. The molecule has 0 saturated heterocycles. The Labute approximate surface area is 94.0 Å². The van der Waals surface area contributed by atoms with Gasteiger partial charge in [0.25, 0.3) is 11.7 Å². The van der Waals surface area contributed by atoms with Gasteiger partial charge in [0.15, 0.2) is 12.3 Å². The number of benzene rings is 1. The van der Waals surface area contributed by atoms with Crippen molar-refractivity contribution < 1.29 is 22.4 Å². The monoisotopic (exact) mass is 254 g/mol. The fourth-order valence-corrected chi connectivity index (χ4v) is 1.24. The van der Waals surface area contributed by atoms with Gasteiger partial charge < -0.3 is 0 Å². The van der Waals surface area contributed by atoms with Crippen LogP contribution in [0.2, 0.25) is 0 Å². The maximum atomic E-state index is 13.1. The van der Waals surface area contributed by atoms with Gasteiger partial charge in [-0.25, -0.2) is 17.6 Å². The molecule has 0 saturated carbocycles. The number of carbonyl (C=O) groups excluding carboxylic acids is 1. The molecule has 16 heavy (non-hydrogen) atoms. The summed E-state index contributed by atoms with van der Waals surface area (Å²) in [6.45, 7) is 0. The lowest BCUT2D eigenvalue weighted by molar-refractivity contribution is 0.00280. The summed E-state index contributed by atoms with van der Waals surface area (Å²) in [6, 6.07) is 4.40. The quantitative estimate of drug-likeness (QED) is 0.592. The topological polar surface area (TPSA) is 17.1 Å². The number of alkyl halides is 4. The summed E-state index contributed by atoms with van der Waals surface area (Å²) in [4.78, 5) is 10.6. The predicted molar refractivity (Wildman–Crippen MR) is 51.4 cm³/mol. The van der Waals surface area contributed by atoms with Crippen molar-refractivity contribution in [2.24, 2.45) is 0 Å². The number of rotatable bonds is 4. The minimum absolute atomic E-state index is 0.0880. The Bertz CT molecular complexity index is 366. The molecule has 0 aliphatic carbocycles. The zero-order valence-electron chi connectivity index (χ0n) is 7.84. The molecule has 88 valence electrons. The molecule has 0 fully saturated rings. The summed E-state index contributed by atoms with van der Waals surface area (Å²) >= 11 is 5.12. The van der Waals surface area contributed by atoms with Crippen LogP contribution in [0.3, 0.4) is 0 Å². The first-order valence-corrected chi connectivity index (χ1v) is 4.67. The summed E-state index contributed by atoms with van der Waals surface area (Å²) in [7, 11) is 0. The van der Waals surface area contributed by atoms with Crippen LogP contribution < -0.4 is 0 Å². The van der Waals surface area contributed by atoms with Crippen LogP contribution in [-0.2, 0) is 0 Å². The van der Waals surface area contributed by atoms with Crippen LogP contribution in [0.4, 0.5) is 17.6 Å². The molecule has 0 aromatic heterocycles. The van der Waals surface area contributed by atoms with Crippen LogP contribution in [0.25, 0.3) is 0 Å². The van der Waals surface area contributed by atoms with Gasteiger partial charge >= 0.3 is 0 Å². The number of halogens is 5. The second-order valence-corrected chi connectivity index (χ2v) is 3.42. The fourth-order valence-electron chi connectivity index (χ4n) is 1.11. The number of hydrogen-bond donors (Lipinski definition) is 0. The average Bonchev–Trinajstić information content (AvgIpc) is 2.27. The fraction of sp³-hybridized carbons (Fsp3) is 0.300. The molecule has 0 heterocycles. The van der Waals surface area contributed by atoms with Crippen LogP contribution in [-0.4, -0.2) is 17.8 Å². The van der Waals surface area contributed by atoms with Gasteiger partial charge in [0.2, 0.25) is 0 Å². The molecule has 0 bridgehead atoms. The molecule has 2 atom stereocenters. The lowest BCUT2D eigenvalue weighted by atomic mass is 10.1. The van der Waals surface area contributed by atoms with Gasteiger partial charge in [-0.3, -0.25) is 4.79 Å². The van der Waals surface area contributed by atoms with Gasteiger partial charge in [-0.15, -0.1) is 0 Å². The van der Waals surface area contributed by atoms with Crippen LogP contribution in [0.5, 0.6) is 0 Å². The normalized spacial score (nSPS) is 14.9. The highest BCUT2D eigenvalue weighted by molar-refractivity contribution is 6.67. The first kappa shape index (κ1) is 13.0. The molecule has 6 heteroatoms. The van der Waals surface area contributed by atoms with E-state index in [0.717, 1.165) is 24.3 Å². The van der Waals surface area contributed by atoms with E-state index in [1.54, 1.807) is 0 Å². The summed E-state index contributed by atoms with van der Waals surface area (Å²) in [5.41, 5.74) is -0.167. The predicted octanol–water partition coefficient (Wildman–Crippen LogP) is 3.68. The van der Waals surface area contributed by atoms with Crippen molar-refractivity contribution in [2.45, 2.75) is 18.8 Å². The molecule has 1 aromatic rings. The maximum absolute atomic E-state index is 13.1. The zero-order chi connectivity index (χ0) is 12.3. The molecule has 1 nitrogen and oxygen atoms in total. The minimum Gasteiger partial charge on any atom is -0.276 e. The molecule has 0 radical (unpaired) electrons. The van der Waals surface area contributed by atoms with Crippen molar-refractivity contribution in [3.63, 3.8) is 0 Å². The summed E-state index contributed by atoms with van der Waals surface area (Å²) in [5.74, 6) is 0. The highest BCUT2D eigenvalue weighted by Gasteiger charge is 2.30. The van der Waals surface area contributed by atoms with Crippen molar-refractivity contribution in [1.82, 2.24) is 0 Å². The minimum atomic E-state index is -3.38. The third kappa shape index (κ3) is 2.95. The van der Waals surface area contributed by atoms with E-state index >= 15 is 0 Å². The Kier molecular flexibility index (Phi) is 4.29. The van der Waals surface area contributed by atoms with E-state index in [-0.39, 0.29) is 11.1 Å². The maximum Gasteiger partial charge on any atom is 0.272 e. The van der Waals surface area contributed by atoms with Crippen LogP contribution in [0.1, 0.15) is 22.1 Å². The van der Waals surface area contributed by atoms with Crippen LogP contribution in [0, 0.1) is 0 Å². The second kappa shape index (κ2) is 5.30. The molecule has 0 aliphatic heterocycles. The zero-order valence-corrected chi connectivity index (χ0v) is 8.60. The Balaban J connectivity index is 2.85. The largest absolute Gasteiger partial charge is 0.276 e. The highest BCUT2D eigenvalue weighted by Crippen LogP contribution is 2.28. The van der Waals surface area contributed by atoms with Gasteiger partial charge in [-0.05, 0) is 29.3 Å². The SMILES string of the molecule is O=C(Cl)c1ccc(C(F)C(F)C(F)F)cc1. The smallest absolute Gasteiger partial charge is 0.272 e. The van der Waals surface area contributed by atoms with Crippen molar-refractivity contribution in [2.75, 3.05) is 0 Å². The van der Waals surface area contributed by atoms with E-state index in [2.05, 4.69) is 0 Å². The van der Waals surface area contributed by atoms with Gasteiger partial charge in [-0.2, -0.15) is 0 Å². The van der Waals surface area contributed by atoms with Crippen LogP contribution in [0.15, 0.2) is 24.3 Å². The van der Waals surface area contributed by atoms with Crippen molar-refractivity contribution in [1.29, 1.82) is 0 Å². The number of carbonyl (C=O) groups is 1. The summed E-state index contributed by atoms with van der Waals surface area (Å²) in [6.07, 6.45) is -8.68. The van der Waals surface area contributed by atoms with E-state index in [1.807, 2.05) is 0 Å². The molecule has 0 N–H and O–H groups in total.